The second-order valence-electron chi connectivity index (χ2n) is 2.65. The van der Waals surface area contributed by atoms with Crippen LogP contribution in [0.4, 0.5) is 4.79 Å². The van der Waals surface area contributed by atoms with Gasteiger partial charge in [-0.05, 0) is 0 Å². The number of hydrogen-bond donors (Lipinski definition) is 2. The van der Waals surface area contributed by atoms with Gasteiger partial charge in [-0.3, -0.25) is 9.69 Å². The molecule has 0 bridgehead atoms. The van der Waals surface area contributed by atoms with Crippen LogP contribution < -0.4 is 29.6 Å². The molecule has 6 nitrogen and oxygen atoms in total. The Morgan fingerprint density at radius 3 is 2.00 bits per heavy atom. The molecular formula is C6H11N2NaO4. The molecule has 1 aliphatic rings. The zero-order valence-electron chi connectivity index (χ0n) is 8.76. The van der Waals surface area contributed by atoms with Crippen LogP contribution in [0.25, 0.3) is 0 Å². The molecule has 1 heterocycles. The number of amides is 3. The van der Waals surface area contributed by atoms with Crippen LogP contribution in [0.3, 0.4) is 0 Å². The molecule has 3 amide bonds. The molecule has 1 fully saturated rings. The van der Waals surface area contributed by atoms with Gasteiger partial charge in [0.15, 0.2) is 12.3 Å². The van der Waals surface area contributed by atoms with Gasteiger partial charge < -0.3 is 16.5 Å². The van der Waals surface area contributed by atoms with E-state index in [1.54, 1.807) is 0 Å². The fourth-order valence-electron chi connectivity index (χ4n) is 1.14. The Bertz CT molecular complexity index is 238. The van der Waals surface area contributed by atoms with Crippen molar-refractivity contribution < 1.29 is 50.8 Å². The van der Waals surface area contributed by atoms with Crippen molar-refractivity contribution in [2.75, 3.05) is 14.1 Å². The average molecular weight is 198 g/mol. The third-order valence-electron chi connectivity index (χ3n) is 1.87. The summed E-state index contributed by atoms with van der Waals surface area (Å²) in [5.74, 6) is -0.600. The van der Waals surface area contributed by atoms with Crippen LogP contribution in [0.2, 0.25) is 0 Å². The van der Waals surface area contributed by atoms with Crippen LogP contribution in [-0.4, -0.2) is 58.4 Å². The summed E-state index contributed by atoms with van der Waals surface area (Å²) in [4.78, 5) is 24.0. The van der Waals surface area contributed by atoms with Gasteiger partial charge in [0, 0.05) is 14.1 Å². The van der Waals surface area contributed by atoms with Crippen molar-refractivity contribution >= 4 is 11.9 Å². The van der Waals surface area contributed by atoms with Crippen LogP contribution in [-0.2, 0) is 4.79 Å². The van der Waals surface area contributed by atoms with Crippen LogP contribution in [0.15, 0.2) is 0 Å². The summed E-state index contributed by atoms with van der Waals surface area (Å²) in [6.45, 7) is 0. The van der Waals surface area contributed by atoms with E-state index in [4.69, 9.17) is 10.2 Å². The number of hydrogen-bond acceptors (Lipinski definition) is 4. The van der Waals surface area contributed by atoms with Gasteiger partial charge in [-0.2, -0.15) is 0 Å². The molecule has 13 heavy (non-hydrogen) atoms. The largest absolute Gasteiger partial charge is 1.00 e. The number of rotatable bonds is 1. The molecular weight excluding hydrogens is 187 g/mol. The Morgan fingerprint density at radius 1 is 1.38 bits per heavy atom. The van der Waals surface area contributed by atoms with E-state index in [9.17, 15) is 9.59 Å². The average Bonchev–Trinajstić information content (AvgIpc) is 2.16. The van der Waals surface area contributed by atoms with Gasteiger partial charge in [-0.1, -0.05) is 0 Å². The van der Waals surface area contributed by atoms with E-state index in [1.807, 2.05) is 0 Å². The van der Waals surface area contributed by atoms with E-state index in [0.717, 1.165) is 9.80 Å². The summed E-state index contributed by atoms with van der Waals surface area (Å²) in [6.07, 6.45) is -1.82. The fourth-order valence-corrected chi connectivity index (χ4v) is 1.14. The predicted molar refractivity (Wildman–Crippen MR) is 39.1 cm³/mol. The van der Waals surface area contributed by atoms with Crippen molar-refractivity contribution in [3.63, 3.8) is 0 Å². The second-order valence-corrected chi connectivity index (χ2v) is 2.65. The number of nitrogens with zero attached hydrogens (tertiary/aromatic N) is 2. The number of likely N-dealkylation sites (N-methyl/N-ethyl adjacent to an activating group) is 2. The van der Waals surface area contributed by atoms with Crippen LogP contribution >= 0.6 is 0 Å². The summed E-state index contributed by atoms with van der Waals surface area (Å²) in [5, 5.41) is 17.5. The van der Waals surface area contributed by atoms with Gasteiger partial charge in [0.25, 0.3) is 5.91 Å². The van der Waals surface area contributed by atoms with E-state index in [2.05, 4.69) is 0 Å². The van der Waals surface area contributed by atoms with E-state index in [1.165, 1.54) is 14.1 Å². The van der Waals surface area contributed by atoms with Crippen LogP contribution in [0, 0.1) is 0 Å². The maximum absolute atomic E-state index is 11.1. The first-order valence-electron chi connectivity index (χ1n) is 3.37. The summed E-state index contributed by atoms with van der Waals surface area (Å²) >= 11 is 0. The minimum atomic E-state index is -1.82. The first-order valence-corrected chi connectivity index (χ1v) is 3.37. The summed E-state index contributed by atoms with van der Waals surface area (Å²) in [5.41, 5.74) is 0. The Kier molecular flexibility index (Phi) is 4.34. The second kappa shape index (κ2) is 4.39. The smallest absolute Gasteiger partial charge is 1.00 e. The fraction of sp³-hybridized carbons (Fsp3) is 0.667. The Hall–Kier alpha value is -0.140. The Labute approximate surface area is 98.9 Å². The first-order chi connectivity index (χ1) is 5.46. The maximum atomic E-state index is 11.1. The Balaban J connectivity index is 0. The van der Waals surface area contributed by atoms with E-state index in [-0.39, 0.29) is 31.0 Å². The normalized spacial score (nSPS) is 22.7. The van der Waals surface area contributed by atoms with Gasteiger partial charge >= 0.3 is 35.6 Å². The molecule has 1 atom stereocenters. The third kappa shape index (κ3) is 2.03. The van der Waals surface area contributed by atoms with Gasteiger partial charge in [-0.15, -0.1) is 0 Å². The summed E-state index contributed by atoms with van der Waals surface area (Å²) in [6, 6.07) is -1.69. The number of urea groups is 1. The molecule has 0 radical (unpaired) electrons. The molecule has 1 rings (SSSR count). The van der Waals surface area contributed by atoms with E-state index >= 15 is 0 Å². The zero-order valence-corrected chi connectivity index (χ0v) is 9.76. The number of carbonyl (C=O) groups is 2. The summed E-state index contributed by atoms with van der Waals surface area (Å²) < 4.78 is 0. The van der Waals surface area contributed by atoms with Crippen molar-refractivity contribution in [1.82, 2.24) is 9.80 Å². The minimum absolute atomic E-state index is 0. The molecule has 0 aromatic rings. The van der Waals surface area contributed by atoms with Crippen molar-refractivity contribution in [3.05, 3.63) is 0 Å². The molecule has 0 aliphatic carbocycles. The van der Waals surface area contributed by atoms with Crippen molar-refractivity contribution in [3.8, 4) is 0 Å². The SMILES string of the molecule is CN1C(=O)C(C(O)O)N(C)C1=O.[H-].[Na+]. The van der Waals surface area contributed by atoms with Gasteiger partial charge in [0.1, 0.15) is 0 Å². The van der Waals surface area contributed by atoms with Crippen molar-refractivity contribution in [2.45, 2.75) is 12.3 Å². The predicted octanol–water partition coefficient (Wildman–Crippen LogP) is -4.69. The molecule has 2 N–H and O–H groups in total. The summed E-state index contributed by atoms with van der Waals surface area (Å²) in [7, 11) is 2.64. The van der Waals surface area contributed by atoms with Gasteiger partial charge in [0.2, 0.25) is 0 Å². The number of aliphatic hydroxyl groups is 2. The third-order valence-corrected chi connectivity index (χ3v) is 1.87. The monoisotopic (exact) mass is 198 g/mol. The molecule has 0 aromatic heterocycles. The maximum Gasteiger partial charge on any atom is 1.00 e. The molecule has 0 aromatic carbocycles. The first kappa shape index (κ1) is 12.9. The molecule has 1 aliphatic heterocycles. The quantitative estimate of drug-likeness (QED) is 0.252. The number of aliphatic hydroxyl groups excluding tert-OH is 1. The van der Waals surface area contributed by atoms with Crippen LogP contribution in [0.5, 0.6) is 0 Å². The van der Waals surface area contributed by atoms with Crippen molar-refractivity contribution in [1.29, 1.82) is 0 Å². The molecule has 0 saturated carbocycles. The Morgan fingerprint density at radius 2 is 1.85 bits per heavy atom. The minimum Gasteiger partial charge on any atom is -1.00 e. The molecule has 1 saturated heterocycles. The topological polar surface area (TPSA) is 81.1 Å². The zero-order chi connectivity index (χ0) is 9.46. The molecule has 70 valence electrons. The van der Waals surface area contributed by atoms with Gasteiger partial charge in [-0.25, -0.2) is 4.79 Å². The van der Waals surface area contributed by atoms with E-state index < -0.39 is 24.3 Å². The molecule has 0 spiro atoms. The standard InChI is InChI=1S/C6H10N2O4.Na.H/c1-7-3(5(10)11)4(9)8(2)6(7)12;;/h3,5,10-11H,1-2H3;;/q;+1;-1. The van der Waals surface area contributed by atoms with Gasteiger partial charge in [0.05, 0.1) is 0 Å². The van der Waals surface area contributed by atoms with E-state index in [0.29, 0.717) is 0 Å². The number of carbonyl (C=O) groups excluding carboxylic acids is 2. The molecule has 1 unspecified atom stereocenters. The van der Waals surface area contributed by atoms with Crippen LogP contribution in [0.1, 0.15) is 1.43 Å². The van der Waals surface area contributed by atoms with Crippen molar-refractivity contribution in [2.24, 2.45) is 0 Å². The molecule has 7 heteroatoms. The number of imide groups is 1.